The molecule has 0 fully saturated rings. The summed E-state index contributed by atoms with van der Waals surface area (Å²) < 4.78 is 0. The molecule has 12 aromatic rings. The van der Waals surface area contributed by atoms with Gasteiger partial charge in [0.05, 0.1) is 0 Å². The van der Waals surface area contributed by atoms with Crippen molar-refractivity contribution in [1.29, 1.82) is 0 Å². The standard InChI is InChI=1S/2C19H16.3C13H12/c1-15-10-12-17(13-11-15)19-9-5-8-18(14-19)16-6-3-2-4-7-16;1-15-7-9-17(10-8-15)19-13-11-18(12-14-19)16-5-3-2-4-6-16;1-11-7-5-6-10-13(11)12-8-3-2-4-9-12;1-11-6-5-9-13(10-11)12-7-3-2-4-8-12;1-11-7-9-13(10-8-11)12-5-3-2-4-6-12/h2*2-14H,1H3;3*2-10H,1H3. The number of hydrogen-bond donors (Lipinski definition) is 0. The zero-order valence-corrected chi connectivity index (χ0v) is 45.1. The zero-order valence-electron chi connectivity index (χ0n) is 45.1. The van der Waals surface area contributed by atoms with Gasteiger partial charge in [0.2, 0.25) is 0 Å². The Hall–Kier alpha value is -9.36. The van der Waals surface area contributed by atoms with Crippen molar-refractivity contribution in [2.45, 2.75) is 34.6 Å². The fourth-order valence-corrected chi connectivity index (χ4v) is 8.83. The van der Waals surface area contributed by atoms with Gasteiger partial charge in [-0.05, 0) is 124 Å². The molecule has 0 amide bonds. The Labute approximate surface area is 459 Å². The summed E-state index contributed by atoms with van der Waals surface area (Å²) in [6.07, 6.45) is 0. The Kier molecular flexibility index (Phi) is 19.9. The van der Waals surface area contributed by atoms with E-state index in [4.69, 9.17) is 0 Å². The predicted molar refractivity (Wildman–Crippen MR) is 334 cm³/mol. The van der Waals surface area contributed by atoms with Crippen molar-refractivity contribution >= 4 is 0 Å². The first-order chi connectivity index (χ1) is 37.8. The minimum Gasteiger partial charge on any atom is -0.0622 e. The van der Waals surface area contributed by atoms with Crippen LogP contribution >= 0.6 is 0 Å². The van der Waals surface area contributed by atoms with Gasteiger partial charge < -0.3 is 0 Å². The van der Waals surface area contributed by atoms with Gasteiger partial charge in [0, 0.05) is 0 Å². The van der Waals surface area contributed by atoms with Gasteiger partial charge in [0.25, 0.3) is 0 Å². The Balaban J connectivity index is 0.000000129. The third-order valence-electron chi connectivity index (χ3n) is 13.2. The van der Waals surface area contributed by atoms with E-state index in [0.29, 0.717) is 0 Å². The van der Waals surface area contributed by atoms with Crippen LogP contribution in [0.5, 0.6) is 0 Å². The summed E-state index contributed by atoms with van der Waals surface area (Å²) in [5.41, 5.74) is 24.4. The van der Waals surface area contributed by atoms with Crippen LogP contribution in [0.1, 0.15) is 27.8 Å². The van der Waals surface area contributed by atoms with E-state index in [9.17, 15) is 0 Å². The molecule has 0 aliphatic rings. The quantitative estimate of drug-likeness (QED) is 0.149. The van der Waals surface area contributed by atoms with Gasteiger partial charge in [0.15, 0.2) is 0 Å². The molecule has 0 nitrogen and oxygen atoms in total. The van der Waals surface area contributed by atoms with Crippen molar-refractivity contribution in [3.8, 4) is 77.9 Å². The highest BCUT2D eigenvalue weighted by Gasteiger charge is 2.03. The summed E-state index contributed by atoms with van der Waals surface area (Å²) in [5.74, 6) is 0. The van der Waals surface area contributed by atoms with Crippen LogP contribution in [0, 0.1) is 34.6 Å². The van der Waals surface area contributed by atoms with Crippen molar-refractivity contribution < 1.29 is 0 Å². The fourth-order valence-electron chi connectivity index (χ4n) is 8.83. The second-order valence-electron chi connectivity index (χ2n) is 19.3. The topological polar surface area (TPSA) is 0 Å². The lowest BCUT2D eigenvalue weighted by atomic mass is 9.99. The summed E-state index contributed by atoms with van der Waals surface area (Å²) in [6, 6.07) is 113. The second-order valence-corrected chi connectivity index (χ2v) is 19.3. The third kappa shape index (κ3) is 16.6. The molecule has 0 N–H and O–H groups in total. The van der Waals surface area contributed by atoms with Gasteiger partial charge in [0.1, 0.15) is 0 Å². The van der Waals surface area contributed by atoms with Crippen LogP contribution in [-0.4, -0.2) is 0 Å². The van der Waals surface area contributed by atoms with E-state index >= 15 is 0 Å². The lowest BCUT2D eigenvalue weighted by molar-refractivity contribution is 1.46. The highest BCUT2D eigenvalue weighted by Crippen LogP contribution is 2.28. The molecule has 0 aromatic heterocycles. The first kappa shape index (κ1) is 53.9. The molecule has 376 valence electrons. The SMILES string of the molecule is Cc1ccc(-c2ccc(-c3ccccc3)cc2)cc1.Cc1ccc(-c2cccc(-c3ccccc3)c2)cc1.Cc1ccc(-c2ccccc2)cc1.Cc1cccc(-c2ccccc2)c1.Cc1ccccc1-c1ccccc1. The third-order valence-corrected chi connectivity index (χ3v) is 13.2. The lowest BCUT2D eigenvalue weighted by Gasteiger charge is -2.06. The summed E-state index contributed by atoms with van der Waals surface area (Å²) >= 11 is 0. The van der Waals surface area contributed by atoms with Crippen molar-refractivity contribution in [3.05, 3.63) is 349 Å². The van der Waals surface area contributed by atoms with Crippen molar-refractivity contribution in [2.75, 3.05) is 0 Å². The van der Waals surface area contributed by atoms with Gasteiger partial charge >= 0.3 is 0 Å². The highest BCUT2D eigenvalue weighted by atomic mass is 14.1. The smallest absolute Gasteiger partial charge is 0.0155 e. The summed E-state index contributed by atoms with van der Waals surface area (Å²) in [4.78, 5) is 0. The molecule has 0 spiro atoms. The molecular weight excluding hydrogens is 925 g/mol. The summed E-state index contributed by atoms with van der Waals surface area (Å²) in [7, 11) is 0. The molecule has 0 radical (unpaired) electrons. The van der Waals surface area contributed by atoms with Gasteiger partial charge in [-0.3, -0.25) is 0 Å². The zero-order chi connectivity index (χ0) is 53.4. The fraction of sp³-hybridized carbons (Fsp3) is 0.0649. The van der Waals surface area contributed by atoms with Crippen LogP contribution in [0.4, 0.5) is 0 Å². The average Bonchev–Trinajstić information content (AvgIpc) is 3.50. The van der Waals surface area contributed by atoms with Gasteiger partial charge in [-0.15, -0.1) is 0 Å². The molecular formula is C77H68. The molecule has 0 aliphatic carbocycles. The molecule has 12 aromatic carbocycles. The molecule has 0 heteroatoms. The molecule has 0 bridgehead atoms. The van der Waals surface area contributed by atoms with Crippen molar-refractivity contribution in [3.63, 3.8) is 0 Å². The Morgan fingerprint density at radius 1 is 0.143 bits per heavy atom. The minimum absolute atomic E-state index is 1.26. The molecule has 0 unspecified atom stereocenters. The first-order valence-electron chi connectivity index (χ1n) is 26.6. The van der Waals surface area contributed by atoms with E-state index in [1.165, 1.54) is 106 Å². The van der Waals surface area contributed by atoms with Crippen molar-refractivity contribution in [1.82, 2.24) is 0 Å². The first-order valence-corrected chi connectivity index (χ1v) is 26.6. The second kappa shape index (κ2) is 28.3. The van der Waals surface area contributed by atoms with Gasteiger partial charge in [-0.25, -0.2) is 0 Å². The number of rotatable bonds is 7. The van der Waals surface area contributed by atoms with E-state index < -0.39 is 0 Å². The van der Waals surface area contributed by atoms with Crippen LogP contribution in [0.2, 0.25) is 0 Å². The molecule has 0 saturated carbocycles. The van der Waals surface area contributed by atoms with Crippen LogP contribution in [-0.2, 0) is 0 Å². The molecule has 0 saturated heterocycles. The normalized spacial score (nSPS) is 10.1. The Morgan fingerprint density at radius 3 is 0.714 bits per heavy atom. The molecule has 12 rings (SSSR count). The van der Waals surface area contributed by atoms with E-state index in [-0.39, 0.29) is 0 Å². The molecule has 0 atom stereocenters. The van der Waals surface area contributed by atoms with Gasteiger partial charge in [-0.1, -0.05) is 338 Å². The maximum absolute atomic E-state index is 2.25. The Bertz CT molecular complexity index is 3580. The maximum Gasteiger partial charge on any atom is -0.0155 e. The van der Waals surface area contributed by atoms with Crippen LogP contribution in [0.3, 0.4) is 0 Å². The summed E-state index contributed by atoms with van der Waals surface area (Å²) in [5, 5.41) is 0. The highest BCUT2D eigenvalue weighted by molar-refractivity contribution is 5.74. The number of hydrogen-bond acceptors (Lipinski definition) is 0. The van der Waals surface area contributed by atoms with E-state index in [2.05, 4.69) is 326 Å². The van der Waals surface area contributed by atoms with E-state index in [0.717, 1.165) is 0 Å². The predicted octanol–water partition coefficient (Wildman–Crippen LogP) is 21.6. The number of benzene rings is 12. The number of aryl methyl sites for hydroxylation is 5. The van der Waals surface area contributed by atoms with Gasteiger partial charge in [-0.2, -0.15) is 0 Å². The maximum atomic E-state index is 2.25. The molecule has 0 aliphatic heterocycles. The minimum atomic E-state index is 1.26. The lowest BCUT2D eigenvalue weighted by Crippen LogP contribution is -1.81. The summed E-state index contributed by atoms with van der Waals surface area (Å²) in [6.45, 7) is 10.6. The van der Waals surface area contributed by atoms with Crippen LogP contribution in [0.15, 0.2) is 322 Å². The van der Waals surface area contributed by atoms with E-state index in [1.807, 2.05) is 30.3 Å². The average molecular weight is 993 g/mol. The van der Waals surface area contributed by atoms with Crippen molar-refractivity contribution in [2.24, 2.45) is 0 Å². The van der Waals surface area contributed by atoms with Crippen LogP contribution < -0.4 is 0 Å². The van der Waals surface area contributed by atoms with Crippen LogP contribution in [0.25, 0.3) is 77.9 Å². The largest absolute Gasteiger partial charge is 0.0622 e. The molecule has 77 heavy (non-hydrogen) atoms. The molecule has 0 heterocycles. The monoisotopic (exact) mass is 993 g/mol. The van der Waals surface area contributed by atoms with E-state index in [1.54, 1.807) is 0 Å². The Morgan fingerprint density at radius 2 is 0.377 bits per heavy atom.